The molecule has 3 amide bonds. The Hall–Kier alpha value is -3.35. The van der Waals surface area contributed by atoms with Crippen molar-refractivity contribution in [3.8, 4) is 0 Å². The maximum absolute atomic E-state index is 12.3. The van der Waals surface area contributed by atoms with E-state index >= 15 is 0 Å². The number of hydrogen-bond donors (Lipinski definition) is 4. The molecule has 0 aromatic heterocycles. The molecule has 7 heteroatoms. The number of nitrogens with one attached hydrogen (secondary N) is 4. The van der Waals surface area contributed by atoms with Gasteiger partial charge in [-0.15, -0.1) is 0 Å². The second kappa shape index (κ2) is 11.0. The molecule has 0 saturated carbocycles. The first kappa shape index (κ1) is 22.9. The minimum atomic E-state index is -0.217. The van der Waals surface area contributed by atoms with E-state index in [0.717, 1.165) is 17.7 Å². The Balaban J connectivity index is 1.89. The van der Waals surface area contributed by atoms with Gasteiger partial charge in [0.15, 0.2) is 0 Å². The van der Waals surface area contributed by atoms with E-state index in [1.807, 2.05) is 26.8 Å². The molecular formula is C23H30N4O3. The molecule has 7 nitrogen and oxygen atoms in total. The number of benzene rings is 2. The molecule has 0 heterocycles. The lowest BCUT2D eigenvalue weighted by Gasteiger charge is -2.13. The van der Waals surface area contributed by atoms with E-state index < -0.39 is 0 Å². The second-order valence-corrected chi connectivity index (χ2v) is 7.19. The quantitative estimate of drug-likeness (QED) is 0.503. The molecule has 2 rings (SSSR count). The predicted octanol–water partition coefficient (Wildman–Crippen LogP) is 3.92. The SMILES string of the molecule is CCC(=O)Nc1cc(NC(=O)CNc2ccc(C(=O)NC(C)CC)cc2)ccc1C. The first-order valence-electron chi connectivity index (χ1n) is 10.2. The molecule has 1 atom stereocenters. The van der Waals surface area contributed by atoms with Gasteiger partial charge in [0, 0.05) is 35.1 Å². The summed E-state index contributed by atoms with van der Waals surface area (Å²) in [6, 6.07) is 12.5. The molecule has 160 valence electrons. The summed E-state index contributed by atoms with van der Waals surface area (Å²) in [7, 11) is 0. The summed E-state index contributed by atoms with van der Waals surface area (Å²) >= 11 is 0. The van der Waals surface area contributed by atoms with Gasteiger partial charge in [0.1, 0.15) is 0 Å². The highest BCUT2D eigenvalue weighted by Gasteiger charge is 2.09. The van der Waals surface area contributed by atoms with Crippen LogP contribution in [0.5, 0.6) is 0 Å². The topological polar surface area (TPSA) is 99.3 Å². The zero-order valence-corrected chi connectivity index (χ0v) is 18.0. The Labute approximate surface area is 177 Å². The van der Waals surface area contributed by atoms with Crippen molar-refractivity contribution < 1.29 is 14.4 Å². The van der Waals surface area contributed by atoms with Crippen molar-refractivity contribution in [3.05, 3.63) is 53.6 Å². The van der Waals surface area contributed by atoms with Gasteiger partial charge in [-0.1, -0.05) is 19.9 Å². The highest BCUT2D eigenvalue weighted by atomic mass is 16.2. The first-order valence-corrected chi connectivity index (χ1v) is 10.2. The highest BCUT2D eigenvalue weighted by molar-refractivity contribution is 5.97. The van der Waals surface area contributed by atoms with Crippen LogP contribution in [0.2, 0.25) is 0 Å². The predicted molar refractivity (Wildman–Crippen MR) is 121 cm³/mol. The molecule has 1 unspecified atom stereocenters. The average molecular weight is 411 g/mol. The van der Waals surface area contributed by atoms with Crippen molar-refractivity contribution in [2.24, 2.45) is 0 Å². The Bertz CT molecular complexity index is 894. The van der Waals surface area contributed by atoms with Gasteiger partial charge in [0.25, 0.3) is 5.91 Å². The summed E-state index contributed by atoms with van der Waals surface area (Å²) in [5.74, 6) is -0.409. The molecule has 4 N–H and O–H groups in total. The van der Waals surface area contributed by atoms with E-state index in [2.05, 4.69) is 21.3 Å². The molecule has 2 aromatic rings. The molecule has 0 aliphatic rings. The minimum Gasteiger partial charge on any atom is -0.376 e. The Morgan fingerprint density at radius 2 is 1.57 bits per heavy atom. The van der Waals surface area contributed by atoms with Gasteiger partial charge in [-0.2, -0.15) is 0 Å². The van der Waals surface area contributed by atoms with Gasteiger partial charge in [0.2, 0.25) is 11.8 Å². The summed E-state index contributed by atoms with van der Waals surface area (Å²) < 4.78 is 0. The third-order valence-electron chi connectivity index (χ3n) is 4.71. The molecule has 0 fully saturated rings. The van der Waals surface area contributed by atoms with E-state index in [4.69, 9.17) is 0 Å². The molecule has 30 heavy (non-hydrogen) atoms. The summed E-state index contributed by atoms with van der Waals surface area (Å²) in [5, 5.41) is 11.6. The summed E-state index contributed by atoms with van der Waals surface area (Å²) in [6.07, 6.45) is 1.26. The fourth-order valence-corrected chi connectivity index (χ4v) is 2.61. The Morgan fingerprint density at radius 3 is 2.20 bits per heavy atom. The zero-order chi connectivity index (χ0) is 22.1. The zero-order valence-electron chi connectivity index (χ0n) is 18.0. The molecule has 0 bridgehead atoms. The molecule has 2 aromatic carbocycles. The molecule has 0 aliphatic carbocycles. The van der Waals surface area contributed by atoms with Crippen LogP contribution in [-0.2, 0) is 9.59 Å². The standard InChI is InChI=1S/C23H30N4O3/c1-5-16(4)25-23(30)17-8-11-18(12-9-17)24-14-22(29)26-19-10-7-15(3)20(13-19)27-21(28)6-2/h7-13,16,24H,5-6,14H2,1-4H3,(H,25,30)(H,26,29)(H,27,28). The van der Waals surface area contributed by atoms with E-state index in [1.165, 1.54) is 0 Å². The van der Waals surface area contributed by atoms with Crippen LogP contribution in [0, 0.1) is 6.92 Å². The number of anilines is 3. The normalized spacial score (nSPS) is 11.3. The van der Waals surface area contributed by atoms with E-state index in [-0.39, 0.29) is 30.3 Å². The number of amides is 3. The Kier molecular flexibility index (Phi) is 8.41. The molecule has 0 radical (unpaired) electrons. The fraction of sp³-hybridized carbons (Fsp3) is 0.348. The van der Waals surface area contributed by atoms with Crippen molar-refractivity contribution in [1.82, 2.24) is 5.32 Å². The maximum Gasteiger partial charge on any atom is 0.251 e. The van der Waals surface area contributed by atoms with Gasteiger partial charge in [-0.25, -0.2) is 0 Å². The molecular weight excluding hydrogens is 380 g/mol. The van der Waals surface area contributed by atoms with Crippen LogP contribution in [0.1, 0.15) is 49.5 Å². The van der Waals surface area contributed by atoms with Crippen LogP contribution in [0.25, 0.3) is 0 Å². The smallest absolute Gasteiger partial charge is 0.251 e. The number of rotatable bonds is 9. The van der Waals surface area contributed by atoms with Gasteiger partial charge in [-0.05, 0) is 62.2 Å². The van der Waals surface area contributed by atoms with Crippen molar-refractivity contribution >= 4 is 34.8 Å². The minimum absolute atomic E-state index is 0.0724. The van der Waals surface area contributed by atoms with Gasteiger partial charge < -0.3 is 21.3 Å². The van der Waals surface area contributed by atoms with Gasteiger partial charge in [-0.3, -0.25) is 14.4 Å². The lowest BCUT2D eigenvalue weighted by molar-refractivity contribution is -0.116. The fourth-order valence-electron chi connectivity index (χ4n) is 2.61. The van der Waals surface area contributed by atoms with Crippen LogP contribution in [0.3, 0.4) is 0 Å². The van der Waals surface area contributed by atoms with Crippen LogP contribution in [-0.4, -0.2) is 30.3 Å². The number of hydrogen-bond acceptors (Lipinski definition) is 4. The van der Waals surface area contributed by atoms with Gasteiger partial charge >= 0.3 is 0 Å². The Morgan fingerprint density at radius 1 is 0.900 bits per heavy atom. The third-order valence-corrected chi connectivity index (χ3v) is 4.71. The summed E-state index contributed by atoms with van der Waals surface area (Å²) in [6.45, 7) is 7.73. The van der Waals surface area contributed by atoms with Crippen molar-refractivity contribution in [2.45, 2.75) is 46.6 Å². The summed E-state index contributed by atoms with van der Waals surface area (Å²) in [4.78, 5) is 36.0. The molecule has 0 spiro atoms. The number of carbonyl (C=O) groups excluding carboxylic acids is 3. The summed E-state index contributed by atoms with van der Waals surface area (Å²) in [5.41, 5.74) is 3.52. The molecule has 0 aliphatic heterocycles. The second-order valence-electron chi connectivity index (χ2n) is 7.19. The van der Waals surface area contributed by atoms with Crippen LogP contribution < -0.4 is 21.3 Å². The van der Waals surface area contributed by atoms with Gasteiger partial charge in [0.05, 0.1) is 6.54 Å². The molecule has 0 saturated heterocycles. The van der Waals surface area contributed by atoms with Crippen molar-refractivity contribution in [1.29, 1.82) is 0 Å². The highest BCUT2D eigenvalue weighted by Crippen LogP contribution is 2.20. The number of aryl methyl sites for hydroxylation is 1. The van der Waals surface area contributed by atoms with E-state index in [9.17, 15) is 14.4 Å². The monoisotopic (exact) mass is 410 g/mol. The van der Waals surface area contributed by atoms with Crippen LogP contribution in [0.4, 0.5) is 17.1 Å². The lowest BCUT2D eigenvalue weighted by Crippen LogP contribution is -2.31. The lowest BCUT2D eigenvalue weighted by atomic mass is 10.1. The third kappa shape index (κ3) is 6.92. The van der Waals surface area contributed by atoms with E-state index in [0.29, 0.717) is 23.4 Å². The maximum atomic E-state index is 12.3. The first-order chi connectivity index (χ1) is 14.3. The largest absolute Gasteiger partial charge is 0.376 e. The number of carbonyl (C=O) groups is 3. The van der Waals surface area contributed by atoms with Crippen molar-refractivity contribution in [2.75, 3.05) is 22.5 Å². The van der Waals surface area contributed by atoms with Crippen molar-refractivity contribution in [3.63, 3.8) is 0 Å². The average Bonchev–Trinajstić information content (AvgIpc) is 2.74. The van der Waals surface area contributed by atoms with Crippen LogP contribution in [0.15, 0.2) is 42.5 Å². The van der Waals surface area contributed by atoms with Crippen LogP contribution >= 0.6 is 0 Å². The van der Waals surface area contributed by atoms with E-state index in [1.54, 1.807) is 43.3 Å².